The van der Waals surface area contributed by atoms with Gasteiger partial charge in [0, 0.05) is 35.5 Å². The number of nitrogens with zero attached hydrogens (tertiary/aromatic N) is 2. The monoisotopic (exact) mass is 521 g/mol. The number of rotatable bonds is 6. The molecule has 38 heavy (non-hydrogen) atoms. The number of nitrogens with two attached hydrogens (primary N) is 2. The van der Waals surface area contributed by atoms with Gasteiger partial charge in [-0.3, -0.25) is 10.3 Å². The maximum absolute atomic E-state index is 13.7. The molecule has 0 atom stereocenters. The van der Waals surface area contributed by atoms with Crippen molar-refractivity contribution in [2.75, 3.05) is 18.5 Å². The minimum Gasteiger partial charge on any atom is -0.405 e. The van der Waals surface area contributed by atoms with Crippen LogP contribution in [-0.2, 0) is 11.8 Å². The van der Waals surface area contributed by atoms with E-state index in [1.54, 1.807) is 43.4 Å². The lowest BCUT2D eigenvalue weighted by atomic mass is 9.63. The summed E-state index contributed by atoms with van der Waals surface area (Å²) in [6.45, 7) is 0. The molecule has 0 aromatic heterocycles. The van der Waals surface area contributed by atoms with Crippen molar-refractivity contribution in [1.82, 2.24) is 5.32 Å². The van der Waals surface area contributed by atoms with Gasteiger partial charge in [-0.1, -0.05) is 42.5 Å². The predicted molar refractivity (Wildman–Crippen MR) is 143 cm³/mol. The smallest absolute Gasteiger partial charge is 0.405 e. The van der Waals surface area contributed by atoms with E-state index in [9.17, 15) is 13.2 Å². The lowest BCUT2D eigenvalue weighted by Gasteiger charge is -2.41. The predicted octanol–water partition coefficient (Wildman–Crippen LogP) is 6.19. The third-order valence-electron chi connectivity index (χ3n) is 7.39. The highest BCUT2D eigenvalue weighted by Gasteiger charge is 2.41. The molecule has 0 aliphatic heterocycles. The molecule has 0 bridgehead atoms. The second kappa shape index (κ2) is 11.1. The van der Waals surface area contributed by atoms with Crippen LogP contribution in [0.2, 0.25) is 0 Å². The Kier molecular flexibility index (Phi) is 7.81. The summed E-state index contributed by atoms with van der Waals surface area (Å²) in [7, 11) is 1.64. The molecule has 3 aromatic carbocycles. The highest BCUT2D eigenvalue weighted by molar-refractivity contribution is 5.86. The Morgan fingerprint density at radius 3 is 2.29 bits per heavy atom. The average Bonchev–Trinajstić information content (AvgIpc) is 2.90. The highest BCUT2D eigenvalue weighted by atomic mass is 19.4. The molecule has 0 amide bonds. The number of ether oxygens (including phenoxy) is 1. The number of alkyl halides is 3. The molecule has 3 aromatic rings. The van der Waals surface area contributed by atoms with E-state index in [1.807, 2.05) is 36.5 Å². The van der Waals surface area contributed by atoms with Crippen LogP contribution in [-0.4, -0.2) is 19.2 Å². The number of aliphatic imine (C=N–C) groups is 1. The molecule has 1 saturated carbocycles. The van der Waals surface area contributed by atoms with Crippen LogP contribution in [0.3, 0.4) is 0 Å². The molecule has 0 saturated heterocycles. The van der Waals surface area contributed by atoms with E-state index in [1.165, 1.54) is 0 Å². The van der Waals surface area contributed by atoms with E-state index in [2.05, 4.69) is 15.0 Å². The molecule has 4 rings (SSSR count). The van der Waals surface area contributed by atoms with Crippen LogP contribution < -0.4 is 21.5 Å². The van der Waals surface area contributed by atoms with Crippen molar-refractivity contribution >= 4 is 17.2 Å². The van der Waals surface area contributed by atoms with E-state index >= 15 is 0 Å². The van der Waals surface area contributed by atoms with Crippen molar-refractivity contribution in [1.29, 1.82) is 5.26 Å². The molecule has 0 spiro atoms. The Balaban J connectivity index is 1.81. The van der Waals surface area contributed by atoms with Gasteiger partial charge in [0.1, 0.15) is 11.6 Å². The molecular weight excluding hydrogens is 491 g/mol. The van der Waals surface area contributed by atoms with Crippen LogP contribution in [0.5, 0.6) is 5.75 Å². The molecule has 1 aliphatic carbocycles. The van der Waals surface area contributed by atoms with Crippen LogP contribution in [0.1, 0.15) is 36.8 Å². The van der Waals surface area contributed by atoms with Crippen LogP contribution in [0.4, 0.5) is 24.5 Å². The first kappa shape index (κ1) is 26.9. The number of nitrogens with one attached hydrogen (secondary N) is 1. The number of nitriles is 1. The maximum Gasteiger partial charge on any atom is 0.573 e. The summed E-state index contributed by atoms with van der Waals surface area (Å²) in [6, 6.07) is 19.6. The molecule has 5 N–H and O–H groups in total. The van der Waals surface area contributed by atoms with E-state index in [0.29, 0.717) is 53.9 Å². The maximum atomic E-state index is 13.7. The Labute approximate surface area is 220 Å². The zero-order chi connectivity index (χ0) is 27.3. The van der Waals surface area contributed by atoms with Gasteiger partial charge in [-0.2, -0.15) is 5.26 Å². The van der Waals surface area contributed by atoms with Gasteiger partial charge < -0.3 is 16.2 Å². The molecule has 0 unspecified atom stereocenters. The Bertz CT molecular complexity index is 1320. The second-order valence-electron chi connectivity index (χ2n) is 9.62. The average molecular weight is 522 g/mol. The number of hydrogen-bond donors (Lipinski definition) is 3. The first-order chi connectivity index (χ1) is 18.2. The molecule has 6 nitrogen and oxygen atoms in total. The summed E-state index contributed by atoms with van der Waals surface area (Å²) in [6.07, 6.45) is 0.0613. The molecule has 1 fully saturated rings. The Morgan fingerprint density at radius 1 is 1.05 bits per heavy atom. The van der Waals surface area contributed by atoms with Crippen molar-refractivity contribution < 1.29 is 17.9 Å². The van der Waals surface area contributed by atoms with Crippen LogP contribution in [0.25, 0.3) is 11.1 Å². The first-order valence-electron chi connectivity index (χ1n) is 12.4. The summed E-state index contributed by atoms with van der Waals surface area (Å²) >= 11 is 0. The van der Waals surface area contributed by atoms with Gasteiger partial charge in [0.2, 0.25) is 0 Å². The largest absolute Gasteiger partial charge is 0.573 e. The molecule has 0 radical (unpaired) electrons. The van der Waals surface area contributed by atoms with Gasteiger partial charge in [-0.05, 0) is 72.9 Å². The van der Waals surface area contributed by atoms with Gasteiger partial charge in [-0.25, -0.2) is 0 Å². The third-order valence-corrected chi connectivity index (χ3v) is 7.39. The van der Waals surface area contributed by atoms with Gasteiger partial charge in [-0.15, -0.1) is 13.2 Å². The minimum absolute atomic E-state index is 0.0563. The van der Waals surface area contributed by atoms with Crippen LogP contribution in [0, 0.1) is 17.4 Å². The molecule has 9 heteroatoms. The first-order valence-corrected chi connectivity index (χ1v) is 12.4. The van der Waals surface area contributed by atoms with E-state index < -0.39 is 11.8 Å². The fourth-order valence-electron chi connectivity index (χ4n) is 5.49. The fraction of sp³-hybridized carbons (Fsp3) is 0.310. The second-order valence-corrected chi connectivity index (χ2v) is 9.62. The van der Waals surface area contributed by atoms with Crippen molar-refractivity contribution in [2.45, 2.75) is 43.9 Å². The summed E-state index contributed by atoms with van der Waals surface area (Å²) in [5.74, 6) is 0.391. The van der Waals surface area contributed by atoms with Crippen LogP contribution in [0.15, 0.2) is 71.7 Å². The minimum atomic E-state index is -4.90. The quantitative estimate of drug-likeness (QED) is 0.118. The van der Waals surface area contributed by atoms with E-state index in [0.717, 1.165) is 5.56 Å². The summed E-state index contributed by atoms with van der Waals surface area (Å²) in [4.78, 5) is 4.23. The van der Waals surface area contributed by atoms with Gasteiger partial charge >= 0.3 is 6.36 Å². The molecule has 0 heterocycles. The Hall–Kier alpha value is -4.19. The topological polar surface area (TPSA) is 109 Å². The summed E-state index contributed by atoms with van der Waals surface area (Å²) in [5.41, 5.74) is 14.6. The number of hydrogen-bond acceptors (Lipinski definition) is 5. The Morgan fingerprint density at radius 2 is 1.71 bits per heavy atom. The van der Waals surface area contributed by atoms with Crippen LogP contribution >= 0.6 is 0 Å². The number of benzene rings is 3. The van der Waals surface area contributed by atoms with Crippen molar-refractivity contribution in [2.24, 2.45) is 10.9 Å². The summed E-state index contributed by atoms with van der Waals surface area (Å²) in [5, 5.41) is 11.8. The van der Waals surface area contributed by atoms with Crippen molar-refractivity contribution in [3.8, 4) is 23.1 Å². The fourth-order valence-corrected chi connectivity index (χ4v) is 5.49. The van der Waals surface area contributed by atoms with Gasteiger partial charge in [0.05, 0.1) is 0 Å². The van der Waals surface area contributed by atoms with Gasteiger partial charge in [0.25, 0.3) is 0 Å². The number of nitrogen functional groups attached to an aromatic ring is 2. The SMILES string of the molecule is CN=C(NC#N)C1CCC(Cc2c(N)ccc(-c3ccc(N)cc3)c2OC(F)(F)F)(c2ccccc2)CC1. The number of halogens is 3. The molecular formula is C29H30F3N5O. The number of anilines is 2. The zero-order valence-corrected chi connectivity index (χ0v) is 21.1. The van der Waals surface area contributed by atoms with Crippen molar-refractivity contribution in [3.05, 3.63) is 77.9 Å². The number of amidine groups is 1. The van der Waals surface area contributed by atoms with E-state index in [-0.39, 0.29) is 23.8 Å². The molecule has 198 valence electrons. The zero-order valence-electron chi connectivity index (χ0n) is 21.1. The van der Waals surface area contributed by atoms with Crippen molar-refractivity contribution in [3.63, 3.8) is 0 Å². The third kappa shape index (κ3) is 5.86. The summed E-state index contributed by atoms with van der Waals surface area (Å²) < 4.78 is 45.9. The highest BCUT2D eigenvalue weighted by Crippen LogP contribution is 2.48. The lowest BCUT2D eigenvalue weighted by molar-refractivity contribution is -0.274. The normalized spacial score (nSPS) is 20.0. The van der Waals surface area contributed by atoms with E-state index in [4.69, 9.17) is 16.7 Å². The molecule has 1 aliphatic rings. The van der Waals surface area contributed by atoms with Gasteiger partial charge in [0.15, 0.2) is 6.19 Å². The standard InChI is InChI=1S/C29H30F3N5O/c1-36-27(37-18-33)20-13-15-28(16-14-20,21-5-3-2-4-6-21)17-24-25(35)12-11-23(26(24)38-29(30,31)32)19-7-9-22(34)10-8-19/h2-12,20H,13-17,34-35H2,1H3,(H,36,37). The lowest BCUT2D eigenvalue weighted by Crippen LogP contribution is -2.39.